The molecule has 0 aliphatic carbocycles. The third kappa shape index (κ3) is 1.40. The van der Waals surface area contributed by atoms with Crippen LogP contribution < -0.4 is 5.73 Å². The van der Waals surface area contributed by atoms with Crippen molar-refractivity contribution in [2.24, 2.45) is 5.73 Å². The molecule has 13 heavy (non-hydrogen) atoms. The normalized spacial score (nSPS) is 10.5. The predicted octanol–water partition coefficient (Wildman–Crippen LogP) is 1.51. The van der Waals surface area contributed by atoms with E-state index in [9.17, 15) is 0 Å². The molecule has 1 heterocycles. The van der Waals surface area contributed by atoms with Crippen LogP contribution in [0.15, 0.2) is 18.2 Å². The molecule has 0 aliphatic rings. The minimum Gasteiger partial charge on any atom is -0.389 e. The molecule has 0 radical (unpaired) electrons. The second-order valence-corrected chi connectivity index (χ2v) is 3.36. The summed E-state index contributed by atoms with van der Waals surface area (Å²) in [5.74, 6) is 0.898. The summed E-state index contributed by atoms with van der Waals surface area (Å²) in [5.41, 5.74) is 8.29. The van der Waals surface area contributed by atoms with E-state index >= 15 is 0 Å². The number of rotatable bonds is 1. The smallest absolute Gasteiger partial charge is 0.104 e. The molecule has 2 rings (SSSR count). The summed E-state index contributed by atoms with van der Waals surface area (Å²) in [7, 11) is 0. The maximum absolute atomic E-state index is 5.51. The van der Waals surface area contributed by atoms with Crippen LogP contribution in [0, 0.1) is 6.92 Å². The summed E-state index contributed by atoms with van der Waals surface area (Å²) in [6, 6.07) is 5.70. The van der Waals surface area contributed by atoms with Crippen LogP contribution in [0.2, 0.25) is 0 Å². The first kappa shape index (κ1) is 8.19. The summed E-state index contributed by atoms with van der Waals surface area (Å²) < 4.78 is 0. The average molecular weight is 191 g/mol. The SMILES string of the molecule is Cc1nc2ccc(C(N)=S)cc2[nH]1. The van der Waals surface area contributed by atoms with Crippen molar-refractivity contribution in [3.05, 3.63) is 29.6 Å². The molecule has 0 bridgehead atoms. The zero-order valence-electron chi connectivity index (χ0n) is 7.16. The van der Waals surface area contributed by atoms with Crippen molar-refractivity contribution in [3.63, 3.8) is 0 Å². The Labute approximate surface area is 81.0 Å². The lowest BCUT2D eigenvalue weighted by molar-refractivity contribution is 1.17. The average Bonchev–Trinajstić information content (AvgIpc) is 2.42. The van der Waals surface area contributed by atoms with Crippen molar-refractivity contribution in [2.75, 3.05) is 0 Å². The van der Waals surface area contributed by atoms with E-state index in [1.807, 2.05) is 25.1 Å². The Morgan fingerprint density at radius 2 is 2.31 bits per heavy atom. The Hall–Kier alpha value is -1.42. The van der Waals surface area contributed by atoms with Crippen molar-refractivity contribution in [3.8, 4) is 0 Å². The highest BCUT2D eigenvalue weighted by Crippen LogP contribution is 2.13. The number of fused-ring (bicyclic) bond motifs is 1. The summed E-state index contributed by atoms with van der Waals surface area (Å²) in [4.78, 5) is 7.81. The second-order valence-electron chi connectivity index (χ2n) is 2.92. The number of hydrogen-bond donors (Lipinski definition) is 2. The summed E-state index contributed by atoms with van der Waals surface area (Å²) in [6.45, 7) is 1.92. The van der Waals surface area contributed by atoms with Gasteiger partial charge in [0.15, 0.2) is 0 Å². The van der Waals surface area contributed by atoms with Gasteiger partial charge in [0.2, 0.25) is 0 Å². The largest absolute Gasteiger partial charge is 0.389 e. The quantitative estimate of drug-likeness (QED) is 0.672. The van der Waals surface area contributed by atoms with Gasteiger partial charge in [-0.25, -0.2) is 4.98 Å². The number of H-pyrrole nitrogens is 1. The zero-order chi connectivity index (χ0) is 9.42. The van der Waals surface area contributed by atoms with Gasteiger partial charge in [0.25, 0.3) is 0 Å². The second kappa shape index (κ2) is 2.81. The Morgan fingerprint density at radius 3 is 3.00 bits per heavy atom. The van der Waals surface area contributed by atoms with Gasteiger partial charge in [-0.2, -0.15) is 0 Å². The van der Waals surface area contributed by atoms with E-state index in [-0.39, 0.29) is 0 Å². The van der Waals surface area contributed by atoms with Crippen molar-refractivity contribution >= 4 is 28.2 Å². The third-order valence-corrected chi connectivity index (χ3v) is 2.12. The van der Waals surface area contributed by atoms with Crippen LogP contribution in [0.3, 0.4) is 0 Å². The van der Waals surface area contributed by atoms with Crippen molar-refractivity contribution in [1.29, 1.82) is 0 Å². The maximum Gasteiger partial charge on any atom is 0.104 e. The standard InChI is InChI=1S/C9H9N3S/c1-5-11-7-3-2-6(9(10)13)4-8(7)12-5/h2-4H,1H3,(H2,10,13)(H,11,12). The fourth-order valence-corrected chi connectivity index (χ4v) is 1.42. The molecule has 0 saturated heterocycles. The Bertz CT molecular complexity index is 473. The molecular formula is C9H9N3S. The van der Waals surface area contributed by atoms with Crippen LogP contribution in [0.5, 0.6) is 0 Å². The number of aryl methyl sites for hydroxylation is 1. The first-order valence-electron chi connectivity index (χ1n) is 3.93. The van der Waals surface area contributed by atoms with Crippen LogP contribution in [-0.4, -0.2) is 15.0 Å². The van der Waals surface area contributed by atoms with E-state index < -0.39 is 0 Å². The molecule has 0 saturated carbocycles. The van der Waals surface area contributed by atoms with Crippen LogP contribution in [0.4, 0.5) is 0 Å². The number of nitrogens with two attached hydrogens (primary N) is 1. The lowest BCUT2D eigenvalue weighted by atomic mass is 10.2. The Morgan fingerprint density at radius 1 is 1.54 bits per heavy atom. The number of thiocarbonyl (C=S) groups is 1. The lowest BCUT2D eigenvalue weighted by Crippen LogP contribution is -2.08. The zero-order valence-corrected chi connectivity index (χ0v) is 7.98. The van der Waals surface area contributed by atoms with Gasteiger partial charge in [-0.3, -0.25) is 0 Å². The fourth-order valence-electron chi connectivity index (χ4n) is 1.29. The summed E-state index contributed by atoms with van der Waals surface area (Å²) in [5, 5.41) is 0. The molecule has 0 amide bonds. The molecule has 4 heteroatoms. The minimum absolute atomic E-state index is 0.411. The first-order chi connectivity index (χ1) is 6.16. The number of imidazole rings is 1. The van der Waals surface area contributed by atoms with Gasteiger partial charge in [-0.05, 0) is 25.1 Å². The molecule has 0 fully saturated rings. The van der Waals surface area contributed by atoms with E-state index in [0.717, 1.165) is 22.4 Å². The molecule has 0 atom stereocenters. The van der Waals surface area contributed by atoms with Crippen molar-refractivity contribution < 1.29 is 0 Å². The Kier molecular flexibility index (Phi) is 1.77. The van der Waals surface area contributed by atoms with Crippen LogP contribution in [0.1, 0.15) is 11.4 Å². The van der Waals surface area contributed by atoms with E-state index in [4.69, 9.17) is 18.0 Å². The van der Waals surface area contributed by atoms with E-state index in [2.05, 4.69) is 9.97 Å². The van der Waals surface area contributed by atoms with Crippen molar-refractivity contribution in [2.45, 2.75) is 6.92 Å². The molecule has 2 aromatic rings. The highest BCUT2D eigenvalue weighted by atomic mass is 32.1. The van der Waals surface area contributed by atoms with Crippen LogP contribution in [-0.2, 0) is 0 Å². The van der Waals surface area contributed by atoms with Crippen molar-refractivity contribution in [1.82, 2.24) is 9.97 Å². The van der Waals surface area contributed by atoms with E-state index in [1.165, 1.54) is 0 Å². The topological polar surface area (TPSA) is 54.7 Å². The summed E-state index contributed by atoms with van der Waals surface area (Å²) in [6.07, 6.45) is 0. The fraction of sp³-hybridized carbons (Fsp3) is 0.111. The van der Waals surface area contributed by atoms with Gasteiger partial charge >= 0.3 is 0 Å². The molecular weight excluding hydrogens is 182 g/mol. The van der Waals surface area contributed by atoms with Gasteiger partial charge in [0.1, 0.15) is 10.8 Å². The number of hydrogen-bond acceptors (Lipinski definition) is 2. The third-order valence-electron chi connectivity index (χ3n) is 1.88. The number of nitrogens with zero attached hydrogens (tertiary/aromatic N) is 1. The molecule has 3 N–H and O–H groups in total. The van der Waals surface area contributed by atoms with Gasteiger partial charge in [0.05, 0.1) is 11.0 Å². The predicted molar refractivity (Wildman–Crippen MR) is 56.7 cm³/mol. The minimum atomic E-state index is 0.411. The number of benzene rings is 1. The molecule has 66 valence electrons. The van der Waals surface area contributed by atoms with Gasteiger partial charge in [-0.15, -0.1) is 0 Å². The summed E-state index contributed by atoms with van der Waals surface area (Å²) >= 11 is 4.88. The Balaban J connectivity index is 2.67. The molecule has 0 aliphatic heterocycles. The maximum atomic E-state index is 5.51. The van der Waals surface area contributed by atoms with Gasteiger partial charge in [-0.1, -0.05) is 12.2 Å². The number of nitrogens with one attached hydrogen (secondary N) is 1. The molecule has 0 unspecified atom stereocenters. The van der Waals surface area contributed by atoms with E-state index in [0.29, 0.717) is 4.99 Å². The van der Waals surface area contributed by atoms with Gasteiger partial charge in [0, 0.05) is 5.56 Å². The first-order valence-corrected chi connectivity index (χ1v) is 4.34. The van der Waals surface area contributed by atoms with Gasteiger partial charge < -0.3 is 10.7 Å². The van der Waals surface area contributed by atoms with E-state index in [1.54, 1.807) is 0 Å². The molecule has 3 nitrogen and oxygen atoms in total. The molecule has 1 aromatic carbocycles. The molecule has 1 aromatic heterocycles. The number of aromatic nitrogens is 2. The van der Waals surface area contributed by atoms with Crippen LogP contribution >= 0.6 is 12.2 Å². The highest BCUT2D eigenvalue weighted by Gasteiger charge is 2.01. The highest BCUT2D eigenvalue weighted by molar-refractivity contribution is 7.80. The lowest BCUT2D eigenvalue weighted by Gasteiger charge is -1.95. The monoisotopic (exact) mass is 191 g/mol. The van der Waals surface area contributed by atoms with Crippen LogP contribution in [0.25, 0.3) is 11.0 Å². The number of aromatic amines is 1. The molecule has 0 spiro atoms.